The van der Waals surface area contributed by atoms with E-state index in [-0.39, 0.29) is 48.2 Å². The van der Waals surface area contributed by atoms with Crippen molar-refractivity contribution in [3.8, 4) is 11.3 Å². The van der Waals surface area contributed by atoms with Crippen molar-refractivity contribution < 1.29 is 18.7 Å². The van der Waals surface area contributed by atoms with Gasteiger partial charge in [-0.3, -0.25) is 15.1 Å². The highest BCUT2D eigenvalue weighted by Gasteiger charge is 2.50. The third-order valence-electron chi connectivity index (χ3n) is 5.71. The number of fused-ring (bicyclic) bond motifs is 2. The van der Waals surface area contributed by atoms with E-state index in [1.54, 1.807) is 24.5 Å². The van der Waals surface area contributed by atoms with E-state index in [1.807, 2.05) is 6.07 Å². The van der Waals surface area contributed by atoms with E-state index < -0.39 is 17.5 Å². The molecule has 3 aromatic rings. The van der Waals surface area contributed by atoms with Gasteiger partial charge in [-0.2, -0.15) is 5.10 Å². The first kappa shape index (κ1) is 20.3. The summed E-state index contributed by atoms with van der Waals surface area (Å²) >= 11 is 5.97. The number of nitrogens with two attached hydrogens (primary N) is 1. The number of rotatable bonds is 3. The smallest absolute Gasteiger partial charge is 0.412 e. The number of nitrogen functional groups attached to an aromatic ring is 1. The first-order chi connectivity index (χ1) is 15.4. The number of nitrogens with one attached hydrogen (secondary N) is 1. The molecule has 1 aromatic carbocycles. The Hall–Kier alpha value is -3.66. The lowest BCUT2D eigenvalue weighted by molar-refractivity contribution is -0.132. The first-order valence-corrected chi connectivity index (χ1v) is 10.2. The fourth-order valence-electron chi connectivity index (χ4n) is 4.19. The van der Waals surface area contributed by atoms with Gasteiger partial charge in [0.25, 0.3) is 0 Å². The topological polar surface area (TPSA) is 115 Å². The molecule has 2 aliphatic rings. The largest absolute Gasteiger partial charge is 0.436 e. The van der Waals surface area contributed by atoms with Gasteiger partial charge < -0.3 is 15.4 Å². The number of anilines is 2. The van der Waals surface area contributed by atoms with Crippen LogP contribution in [0, 0.1) is 5.82 Å². The van der Waals surface area contributed by atoms with E-state index in [9.17, 15) is 14.0 Å². The Balaban J connectivity index is 1.38. The van der Waals surface area contributed by atoms with Gasteiger partial charge in [0.05, 0.1) is 28.5 Å². The van der Waals surface area contributed by atoms with Crippen molar-refractivity contribution in [3.63, 3.8) is 0 Å². The average Bonchev–Trinajstić information content (AvgIpc) is 3.35. The van der Waals surface area contributed by atoms with Crippen molar-refractivity contribution in [1.29, 1.82) is 0 Å². The molecule has 9 nitrogen and oxygen atoms in total. The molecule has 11 heteroatoms. The van der Waals surface area contributed by atoms with Gasteiger partial charge in [-0.25, -0.2) is 13.9 Å². The number of benzene rings is 1. The lowest BCUT2D eigenvalue weighted by atomic mass is 9.89. The molecule has 0 aliphatic carbocycles. The summed E-state index contributed by atoms with van der Waals surface area (Å²) in [5, 5.41) is 6.81. The van der Waals surface area contributed by atoms with Crippen LogP contribution < -0.4 is 11.1 Å². The molecular weight excluding hydrogens is 439 g/mol. The number of halogens is 2. The van der Waals surface area contributed by atoms with E-state index in [2.05, 4.69) is 15.4 Å². The molecule has 4 heterocycles. The Morgan fingerprint density at radius 3 is 3.00 bits per heavy atom. The second kappa shape index (κ2) is 7.49. The van der Waals surface area contributed by atoms with Crippen LogP contribution in [-0.2, 0) is 21.7 Å². The number of ether oxygens (including phenoxy) is 1. The summed E-state index contributed by atoms with van der Waals surface area (Å²) in [6.45, 7) is 0.160. The van der Waals surface area contributed by atoms with Crippen molar-refractivity contribution in [2.45, 2.75) is 18.6 Å². The molecule has 5 rings (SSSR count). The van der Waals surface area contributed by atoms with Crippen LogP contribution in [0.2, 0.25) is 5.02 Å². The third kappa shape index (κ3) is 3.32. The minimum absolute atomic E-state index is 0.000150. The summed E-state index contributed by atoms with van der Waals surface area (Å²) in [5.74, 6) is -0.633. The highest BCUT2D eigenvalue weighted by Crippen LogP contribution is 2.45. The first-order valence-electron chi connectivity index (χ1n) is 9.86. The number of nitrogens with zero attached hydrogens (tertiary/aromatic N) is 4. The maximum absolute atomic E-state index is 14.9. The van der Waals surface area contributed by atoms with Gasteiger partial charge in [-0.1, -0.05) is 11.6 Å². The minimum atomic E-state index is -1.31. The number of pyridine rings is 1. The standard InChI is InChI=1S/C21H18ClFN6O3/c22-13-3-4-14-18(19(13)23)21(32-20(31)26-14)5-7-28(11-21)17(30)10-29-16(24)8-15(27-29)12-2-1-6-25-9-12/h1-4,6,8-9H,5,7,10-11,24H2,(H,26,31)/t21-/m0/s1. The molecule has 32 heavy (non-hydrogen) atoms. The van der Waals surface area contributed by atoms with Crippen LogP contribution in [0.5, 0.6) is 0 Å². The van der Waals surface area contributed by atoms with Crippen molar-refractivity contribution in [2.24, 2.45) is 0 Å². The quantitative estimate of drug-likeness (QED) is 0.626. The van der Waals surface area contributed by atoms with E-state index in [0.717, 1.165) is 5.56 Å². The van der Waals surface area contributed by atoms with Crippen molar-refractivity contribution >= 4 is 35.1 Å². The van der Waals surface area contributed by atoms with Gasteiger partial charge in [-0.15, -0.1) is 0 Å². The number of hydrogen-bond acceptors (Lipinski definition) is 6. The fraction of sp³-hybridized carbons (Fsp3) is 0.238. The fourth-order valence-corrected chi connectivity index (χ4v) is 4.35. The van der Waals surface area contributed by atoms with Gasteiger partial charge in [-0.05, 0) is 24.3 Å². The van der Waals surface area contributed by atoms with Crippen molar-refractivity contribution in [2.75, 3.05) is 24.1 Å². The van der Waals surface area contributed by atoms with Gasteiger partial charge in [0, 0.05) is 37.0 Å². The second-order valence-corrected chi connectivity index (χ2v) is 8.12. The molecule has 2 amide bonds. The van der Waals surface area contributed by atoms with E-state index in [4.69, 9.17) is 22.1 Å². The van der Waals surface area contributed by atoms with Gasteiger partial charge in [0.15, 0.2) is 11.4 Å². The van der Waals surface area contributed by atoms with Gasteiger partial charge in [0.1, 0.15) is 12.4 Å². The lowest BCUT2D eigenvalue weighted by Gasteiger charge is -2.35. The molecule has 0 unspecified atom stereocenters. The molecule has 0 bridgehead atoms. The Kier molecular flexibility index (Phi) is 4.74. The number of hydrogen-bond donors (Lipinski definition) is 2. The van der Waals surface area contributed by atoms with Crippen molar-refractivity contribution in [3.05, 3.63) is 59.1 Å². The number of likely N-dealkylation sites (tertiary alicyclic amines) is 1. The Morgan fingerprint density at radius 1 is 1.38 bits per heavy atom. The van der Waals surface area contributed by atoms with Crippen LogP contribution in [0.15, 0.2) is 42.7 Å². The van der Waals surface area contributed by atoms with Crippen molar-refractivity contribution in [1.82, 2.24) is 19.7 Å². The monoisotopic (exact) mass is 456 g/mol. The minimum Gasteiger partial charge on any atom is -0.436 e. The number of amides is 2. The van der Waals surface area contributed by atoms with E-state index in [1.165, 1.54) is 21.7 Å². The van der Waals surface area contributed by atoms with E-state index >= 15 is 0 Å². The number of aromatic nitrogens is 3. The highest BCUT2D eigenvalue weighted by molar-refractivity contribution is 6.31. The Bertz CT molecular complexity index is 1230. The molecule has 3 N–H and O–H groups in total. The number of carbonyl (C=O) groups excluding carboxylic acids is 2. The average molecular weight is 457 g/mol. The zero-order chi connectivity index (χ0) is 22.5. The number of carbonyl (C=O) groups is 2. The van der Waals surface area contributed by atoms with Gasteiger partial charge >= 0.3 is 6.09 Å². The summed E-state index contributed by atoms with van der Waals surface area (Å²) in [6, 6.07) is 8.18. The Morgan fingerprint density at radius 2 is 2.22 bits per heavy atom. The summed E-state index contributed by atoms with van der Waals surface area (Å²) in [5.41, 5.74) is 6.55. The zero-order valence-electron chi connectivity index (χ0n) is 16.7. The normalized spacial score (nSPS) is 19.6. The van der Waals surface area contributed by atoms with Crippen LogP contribution in [-0.4, -0.2) is 44.8 Å². The van der Waals surface area contributed by atoms with Crippen LogP contribution in [0.4, 0.5) is 20.7 Å². The third-order valence-corrected chi connectivity index (χ3v) is 6.01. The molecule has 1 fully saturated rings. The lowest BCUT2D eigenvalue weighted by Crippen LogP contribution is -2.44. The zero-order valence-corrected chi connectivity index (χ0v) is 17.5. The maximum atomic E-state index is 14.9. The Labute approximate surface area is 186 Å². The molecule has 1 spiro atoms. The molecule has 1 atom stereocenters. The molecular formula is C21H18ClFN6O3. The SMILES string of the molecule is Nc1cc(-c2cccnc2)nn1CC(=O)N1CC[C@@]2(C1)OC(=O)Nc1ccc(Cl)c(F)c12. The maximum Gasteiger partial charge on any atom is 0.412 e. The van der Waals surface area contributed by atoms with Crippen LogP contribution in [0.3, 0.4) is 0 Å². The highest BCUT2D eigenvalue weighted by atomic mass is 35.5. The summed E-state index contributed by atoms with van der Waals surface area (Å²) < 4.78 is 21.8. The van der Waals surface area contributed by atoms with Crippen LogP contribution in [0.1, 0.15) is 12.0 Å². The molecule has 2 aliphatic heterocycles. The summed E-state index contributed by atoms with van der Waals surface area (Å²) in [7, 11) is 0. The predicted molar refractivity (Wildman–Crippen MR) is 114 cm³/mol. The molecule has 2 aromatic heterocycles. The molecule has 0 radical (unpaired) electrons. The summed E-state index contributed by atoms with van der Waals surface area (Å²) in [6.07, 6.45) is 2.84. The van der Waals surface area contributed by atoms with E-state index in [0.29, 0.717) is 11.5 Å². The van der Waals surface area contributed by atoms with Crippen LogP contribution >= 0.6 is 11.6 Å². The van der Waals surface area contributed by atoms with Crippen LogP contribution in [0.25, 0.3) is 11.3 Å². The van der Waals surface area contributed by atoms with Gasteiger partial charge in [0.2, 0.25) is 5.91 Å². The molecule has 0 saturated carbocycles. The molecule has 1 saturated heterocycles. The summed E-state index contributed by atoms with van der Waals surface area (Å²) in [4.78, 5) is 30.7. The molecule has 164 valence electrons. The predicted octanol–water partition coefficient (Wildman–Crippen LogP) is 3.01. The second-order valence-electron chi connectivity index (χ2n) is 7.71.